The first-order valence-electron chi connectivity index (χ1n) is 3.07. The third-order valence-electron chi connectivity index (χ3n) is 1.40. The predicted molar refractivity (Wildman–Crippen MR) is 31.1 cm³/mol. The van der Waals surface area contributed by atoms with Crippen molar-refractivity contribution in [2.75, 3.05) is 13.2 Å². The van der Waals surface area contributed by atoms with Gasteiger partial charge in [0.1, 0.15) is 0 Å². The average Bonchev–Trinajstić information content (AvgIpc) is 2.29. The molecular formula is C5H10O6. The first kappa shape index (κ1) is 8.85. The van der Waals surface area contributed by atoms with Gasteiger partial charge in [-0.1, -0.05) is 0 Å². The van der Waals surface area contributed by atoms with Crippen molar-refractivity contribution in [2.24, 2.45) is 0 Å². The standard InChI is InChI=1S/C5H10O6/c6-1-5(2-7)10-3(8)4(9)11-5/h3-4,6-9H,1-2H2. The highest BCUT2D eigenvalue weighted by atomic mass is 16.8. The normalized spacial score (nSPS) is 36.0. The van der Waals surface area contributed by atoms with E-state index in [1.54, 1.807) is 0 Å². The lowest BCUT2D eigenvalue weighted by Crippen LogP contribution is -2.39. The number of aliphatic hydroxyl groups is 4. The molecule has 4 N–H and O–H groups in total. The van der Waals surface area contributed by atoms with Crippen LogP contribution in [0.3, 0.4) is 0 Å². The zero-order valence-electron chi connectivity index (χ0n) is 5.67. The van der Waals surface area contributed by atoms with Crippen molar-refractivity contribution >= 4 is 0 Å². The lowest BCUT2D eigenvalue weighted by atomic mass is 10.3. The van der Waals surface area contributed by atoms with Crippen LogP contribution in [0.1, 0.15) is 0 Å². The molecule has 0 saturated carbocycles. The molecule has 1 aliphatic heterocycles. The Kier molecular flexibility index (Phi) is 2.43. The summed E-state index contributed by atoms with van der Waals surface area (Å²) in [6, 6.07) is 0. The lowest BCUT2D eigenvalue weighted by Gasteiger charge is -2.21. The molecule has 0 aromatic rings. The molecular weight excluding hydrogens is 156 g/mol. The Hall–Kier alpha value is -0.240. The molecule has 6 heteroatoms. The summed E-state index contributed by atoms with van der Waals surface area (Å²) in [7, 11) is 0. The molecule has 1 aliphatic rings. The van der Waals surface area contributed by atoms with Gasteiger partial charge in [-0.3, -0.25) is 0 Å². The molecule has 2 atom stereocenters. The zero-order valence-corrected chi connectivity index (χ0v) is 5.67. The Morgan fingerprint density at radius 2 is 1.36 bits per heavy atom. The SMILES string of the molecule is OCC1(CO)OC(O)C(O)O1. The summed E-state index contributed by atoms with van der Waals surface area (Å²) in [6.45, 7) is -1.25. The summed E-state index contributed by atoms with van der Waals surface area (Å²) in [5.41, 5.74) is 0. The van der Waals surface area contributed by atoms with Crippen molar-refractivity contribution in [3.8, 4) is 0 Å². The maximum atomic E-state index is 8.78. The summed E-state index contributed by atoms with van der Waals surface area (Å²) in [5, 5.41) is 34.8. The van der Waals surface area contributed by atoms with Gasteiger partial charge in [-0.05, 0) is 0 Å². The van der Waals surface area contributed by atoms with Crippen LogP contribution in [0.25, 0.3) is 0 Å². The molecule has 0 aliphatic carbocycles. The van der Waals surface area contributed by atoms with Crippen molar-refractivity contribution < 1.29 is 29.9 Å². The summed E-state index contributed by atoms with van der Waals surface area (Å²) >= 11 is 0. The molecule has 0 aromatic heterocycles. The molecule has 6 nitrogen and oxygen atoms in total. The summed E-state index contributed by atoms with van der Waals surface area (Å²) in [5.74, 6) is -1.67. The molecule has 1 rings (SSSR count). The van der Waals surface area contributed by atoms with Crippen LogP contribution in [0.4, 0.5) is 0 Å². The highest BCUT2D eigenvalue weighted by Gasteiger charge is 2.45. The van der Waals surface area contributed by atoms with Gasteiger partial charge < -0.3 is 29.9 Å². The number of rotatable bonds is 2. The summed E-state index contributed by atoms with van der Waals surface area (Å²) < 4.78 is 9.09. The Morgan fingerprint density at radius 1 is 1.00 bits per heavy atom. The second-order valence-corrected chi connectivity index (χ2v) is 2.24. The fourth-order valence-electron chi connectivity index (χ4n) is 0.783. The molecule has 0 amide bonds. The Bertz CT molecular complexity index is 121. The van der Waals surface area contributed by atoms with Gasteiger partial charge >= 0.3 is 0 Å². The van der Waals surface area contributed by atoms with E-state index in [4.69, 9.17) is 20.4 Å². The van der Waals surface area contributed by atoms with Crippen LogP contribution < -0.4 is 0 Å². The lowest BCUT2D eigenvalue weighted by molar-refractivity contribution is -0.242. The van der Waals surface area contributed by atoms with Crippen molar-refractivity contribution in [1.82, 2.24) is 0 Å². The van der Waals surface area contributed by atoms with Gasteiger partial charge in [0, 0.05) is 0 Å². The van der Waals surface area contributed by atoms with Crippen LogP contribution in [-0.4, -0.2) is 52.0 Å². The Balaban J connectivity index is 2.61. The van der Waals surface area contributed by atoms with E-state index in [0.717, 1.165) is 0 Å². The Morgan fingerprint density at radius 3 is 1.55 bits per heavy atom. The highest BCUT2D eigenvalue weighted by molar-refractivity contribution is 4.75. The topological polar surface area (TPSA) is 99.4 Å². The number of ether oxygens (including phenoxy) is 2. The van der Waals surface area contributed by atoms with Gasteiger partial charge in [-0.15, -0.1) is 0 Å². The van der Waals surface area contributed by atoms with E-state index < -0.39 is 31.6 Å². The number of hydrogen-bond acceptors (Lipinski definition) is 6. The van der Waals surface area contributed by atoms with Crippen LogP contribution in [0.2, 0.25) is 0 Å². The second-order valence-electron chi connectivity index (χ2n) is 2.24. The number of hydrogen-bond donors (Lipinski definition) is 4. The molecule has 0 radical (unpaired) electrons. The van der Waals surface area contributed by atoms with E-state index in [1.807, 2.05) is 0 Å². The summed E-state index contributed by atoms with van der Waals surface area (Å²) in [6.07, 6.45) is -3.04. The first-order valence-corrected chi connectivity index (χ1v) is 3.07. The van der Waals surface area contributed by atoms with Gasteiger partial charge in [0.2, 0.25) is 18.4 Å². The molecule has 11 heavy (non-hydrogen) atoms. The minimum Gasteiger partial charge on any atom is -0.391 e. The van der Waals surface area contributed by atoms with Crippen LogP contribution in [0, 0.1) is 0 Å². The smallest absolute Gasteiger partial charge is 0.220 e. The molecule has 1 heterocycles. The quantitative estimate of drug-likeness (QED) is 0.357. The van der Waals surface area contributed by atoms with Crippen molar-refractivity contribution in [2.45, 2.75) is 18.4 Å². The van der Waals surface area contributed by atoms with Gasteiger partial charge in [-0.25, -0.2) is 0 Å². The maximum absolute atomic E-state index is 8.78. The van der Waals surface area contributed by atoms with E-state index in [0.29, 0.717) is 0 Å². The van der Waals surface area contributed by atoms with E-state index in [9.17, 15) is 0 Å². The first-order chi connectivity index (χ1) is 5.13. The third-order valence-corrected chi connectivity index (χ3v) is 1.40. The van der Waals surface area contributed by atoms with Crippen molar-refractivity contribution in [3.05, 3.63) is 0 Å². The predicted octanol–water partition coefficient (Wildman–Crippen LogP) is -2.65. The molecule has 0 spiro atoms. The van der Waals surface area contributed by atoms with Crippen molar-refractivity contribution in [1.29, 1.82) is 0 Å². The van der Waals surface area contributed by atoms with Crippen LogP contribution in [0.15, 0.2) is 0 Å². The number of aliphatic hydroxyl groups excluding tert-OH is 4. The van der Waals surface area contributed by atoms with Gasteiger partial charge in [-0.2, -0.15) is 0 Å². The molecule has 66 valence electrons. The fourth-order valence-corrected chi connectivity index (χ4v) is 0.783. The molecule has 0 aromatic carbocycles. The third kappa shape index (κ3) is 1.51. The maximum Gasteiger partial charge on any atom is 0.220 e. The van der Waals surface area contributed by atoms with Gasteiger partial charge in [0.15, 0.2) is 0 Å². The monoisotopic (exact) mass is 166 g/mol. The van der Waals surface area contributed by atoms with E-state index in [2.05, 4.69) is 9.47 Å². The minimum absolute atomic E-state index is 0.627. The van der Waals surface area contributed by atoms with Crippen LogP contribution in [-0.2, 0) is 9.47 Å². The van der Waals surface area contributed by atoms with E-state index in [-0.39, 0.29) is 0 Å². The van der Waals surface area contributed by atoms with Gasteiger partial charge in [0.25, 0.3) is 0 Å². The fraction of sp³-hybridized carbons (Fsp3) is 1.00. The molecule has 0 bridgehead atoms. The van der Waals surface area contributed by atoms with Crippen LogP contribution in [0.5, 0.6) is 0 Å². The minimum atomic E-state index is -1.67. The molecule has 2 unspecified atom stereocenters. The van der Waals surface area contributed by atoms with E-state index in [1.165, 1.54) is 0 Å². The van der Waals surface area contributed by atoms with Gasteiger partial charge in [0.05, 0.1) is 13.2 Å². The zero-order chi connectivity index (χ0) is 8.48. The molecule has 1 saturated heterocycles. The largest absolute Gasteiger partial charge is 0.391 e. The average molecular weight is 166 g/mol. The highest BCUT2D eigenvalue weighted by Crippen LogP contribution is 2.25. The Labute approximate surface area is 62.6 Å². The van der Waals surface area contributed by atoms with E-state index >= 15 is 0 Å². The summed E-state index contributed by atoms with van der Waals surface area (Å²) in [4.78, 5) is 0. The van der Waals surface area contributed by atoms with Crippen molar-refractivity contribution in [3.63, 3.8) is 0 Å². The second kappa shape index (κ2) is 3.02. The molecule has 1 fully saturated rings. The van der Waals surface area contributed by atoms with Crippen LogP contribution >= 0.6 is 0 Å².